The Morgan fingerprint density at radius 1 is 1.07 bits per heavy atom. The molecule has 0 aliphatic carbocycles. The van der Waals surface area contributed by atoms with E-state index in [4.69, 9.17) is 4.99 Å². The average molecular weight is 507 g/mol. The number of nitrogens with one attached hydrogen (secondary N) is 2. The number of aromatic nitrogens is 2. The van der Waals surface area contributed by atoms with Crippen LogP contribution in [0, 0.1) is 5.82 Å². The standard InChI is InChI=1S/C22H26FN5.HI/c1-2-24-22(25-13-11-18-7-5-10-21(23)15-18)26-16-19-8-3-4-9-20(19)17-28-14-6-12-27-28;/h3-10,12,14-15H,2,11,13,16-17H2,1H3,(H2,24,25,26);1H. The van der Waals surface area contributed by atoms with Gasteiger partial charge in [-0.05, 0) is 48.2 Å². The van der Waals surface area contributed by atoms with Crippen LogP contribution < -0.4 is 10.6 Å². The molecule has 0 bridgehead atoms. The minimum Gasteiger partial charge on any atom is -0.357 e. The number of hydrogen-bond acceptors (Lipinski definition) is 2. The molecule has 0 aliphatic rings. The summed E-state index contributed by atoms with van der Waals surface area (Å²) in [6.07, 6.45) is 4.47. The summed E-state index contributed by atoms with van der Waals surface area (Å²) in [5, 5.41) is 10.9. The second-order valence-electron chi connectivity index (χ2n) is 6.47. The fourth-order valence-corrected chi connectivity index (χ4v) is 2.96. The Bertz CT molecular complexity index is 896. The van der Waals surface area contributed by atoms with Gasteiger partial charge >= 0.3 is 0 Å². The highest BCUT2D eigenvalue weighted by atomic mass is 127. The van der Waals surface area contributed by atoms with Gasteiger partial charge in [-0.1, -0.05) is 36.4 Å². The van der Waals surface area contributed by atoms with Crippen LogP contribution in [-0.2, 0) is 19.5 Å². The van der Waals surface area contributed by atoms with Gasteiger partial charge in [-0.3, -0.25) is 4.68 Å². The zero-order valence-electron chi connectivity index (χ0n) is 16.5. The highest BCUT2D eigenvalue weighted by molar-refractivity contribution is 14.0. The molecule has 7 heteroatoms. The molecule has 29 heavy (non-hydrogen) atoms. The van der Waals surface area contributed by atoms with Crippen LogP contribution in [0.2, 0.25) is 0 Å². The third-order valence-electron chi connectivity index (χ3n) is 4.36. The molecular formula is C22H27FIN5. The third kappa shape index (κ3) is 7.49. The molecule has 154 valence electrons. The van der Waals surface area contributed by atoms with E-state index in [0.717, 1.165) is 31.0 Å². The van der Waals surface area contributed by atoms with Gasteiger partial charge in [0.25, 0.3) is 0 Å². The SMILES string of the molecule is CCNC(=NCc1ccccc1Cn1cccn1)NCCc1cccc(F)c1.I. The molecule has 3 rings (SSSR count). The lowest BCUT2D eigenvalue weighted by Gasteiger charge is -2.13. The van der Waals surface area contributed by atoms with Gasteiger partial charge in [0.05, 0.1) is 13.1 Å². The normalized spacial score (nSPS) is 11.0. The second-order valence-corrected chi connectivity index (χ2v) is 6.47. The molecule has 0 atom stereocenters. The number of guanidine groups is 1. The summed E-state index contributed by atoms with van der Waals surface area (Å²) in [5.74, 6) is 0.555. The molecule has 0 amide bonds. The van der Waals surface area contributed by atoms with Gasteiger partial charge in [-0.15, -0.1) is 24.0 Å². The molecular weight excluding hydrogens is 480 g/mol. The first kappa shape index (κ1) is 22.9. The van der Waals surface area contributed by atoms with Gasteiger partial charge in [0.2, 0.25) is 0 Å². The van der Waals surface area contributed by atoms with Gasteiger partial charge in [-0.2, -0.15) is 5.10 Å². The smallest absolute Gasteiger partial charge is 0.191 e. The number of benzene rings is 2. The van der Waals surface area contributed by atoms with Crippen molar-refractivity contribution in [1.82, 2.24) is 20.4 Å². The lowest BCUT2D eigenvalue weighted by molar-refractivity contribution is 0.625. The maximum atomic E-state index is 13.3. The van der Waals surface area contributed by atoms with Crippen LogP contribution in [0.1, 0.15) is 23.6 Å². The summed E-state index contributed by atoms with van der Waals surface area (Å²) in [6, 6.07) is 16.9. The van der Waals surface area contributed by atoms with Crippen LogP contribution in [0.25, 0.3) is 0 Å². The van der Waals surface area contributed by atoms with E-state index in [-0.39, 0.29) is 29.8 Å². The van der Waals surface area contributed by atoms with Crippen molar-refractivity contribution >= 4 is 29.9 Å². The Kier molecular flexibility index (Phi) is 9.63. The summed E-state index contributed by atoms with van der Waals surface area (Å²) in [5.41, 5.74) is 3.33. The maximum Gasteiger partial charge on any atom is 0.191 e. The summed E-state index contributed by atoms with van der Waals surface area (Å²) < 4.78 is 15.2. The minimum atomic E-state index is -0.202. The quantitative estimate of drug-likeness (QED) is 0.276. The molecule has 5 nitrogen and oxygen atoms in total. The van der Waals surface area contributed by atoms with Crippen LogP contribution in [0.3, 0.4) is 0 Å². The van der Waals surface area contributed by atoms with Crippen LogP contribution >= 0.6 is 24.0 Å². The van der Waals surface area contributed by atoms with E-state index >= 15 is 0 Å². The summed E-state index contributed by atoms with van der Waals surface area (Å²) in [4.78, 5) is 4.71. The van der Waals surface area contributed by atoms with Crippen LogP contribution in [0.15, 0.2) is 72.0 Å². The van der Waals surface area contributed by atoms with Gasteiger partial charge < -0.3 is 10.6 Å². The Hall–Kier alpha value is -2.42. The fourth-order valence-electron chi connectivity index (χ4n) is 2.96. The van der Waals surface area contributed by atoms with Gasteiger partial charge in [0.1, 0.15) is 5.82 Å². The Labute approximate surface area is 188 Å². The predicted molar refractivity (Wildman–Crippen MR) is 126 cm³/mol. The highest BCUT2D eigenvalue weighted by Crippen LogP contribution is 2.11. The van der Waals surface area contributed by atoms with E-state index in [1.54, 1.807) is 18.3 Å². The third-order valence-corrected chi connectivity index (χ3v) is 4.36. The first-order valence-electron chi connectivity index (χ1n) is 9.55. The molecule has 0 saturated heterocycles. The largest absolute Gasteiger partial charge is 0.357 e. The Balaban J connectivity index is 0.00000300. The zero-order valence-corrected chi connectivity index (χ0v) is 18.8. The predicted octanol–water partition coefficient (Wildman–Crippen LogP) is 3.99. The number of halogens is 2. The summed E-state index contributed by atoms with van der Waals surface area (Å²) in [6.45, 7) is 4.80. The first-order valence-corrected chi connectivity index (χ1v) is 9.55. The summed E-state index contributed by atoms with van der Waals surface area (Å²) in [7, 11) is 0. The lowest BCUT2D eigenvalue weighted by atomic mass is 10.1. The van der Waals surface area contributed by atoms with Crippen LogP contribution in [-0.4, -0.2) is 28.8 Å². The van der Waals surface area contributed by atoms with Crippen molar-refractivity contribution in [2.75, 3.05) is 13.1 Å². The van der Waals surface area contributed by atoms with Crippen molar-refractivity contribution in [2.45, 2.75) is 26.4 Å². The van der Waals surface area contributed by atoms with Gasteiger partial charge in [-0.25, -0.2) is 9.38 Å². The highest BCUT2D eigenvalue weighted by Gasteiger charge is 2.04. The first-order chi connectivity index (χ1) is 13.7. The Morgan fingerprint density at radius 3 is 2.62 bits per heavy atom. The van der Waals surface area contributed by atoms with E-state index < -0.39 is 0 Å². The molecule has 0 aliphatic heterocycles. The van der Waals surface area contributed by atoms with E-state index in [2.05, 4.69) is 27.9 Å². The van der Waals surface area contributed by atoms with E-state index in [0.29, 0.717) is 13.1 Å². The number of nitrogens with zero attached hydrogens (tertiary/aromatic N) is 3. The second kappa shape index (κ2) is 12.2. The van der Waals surface area contributed by atoms with Crippen molar-refractivity contribution in [1.29, 1.82) is 0 Å². The average Bonchev–Trinajstić information content (AvgIpc) is 3.20. The number of aliphatic imine (C=N–C) groups is 1. The van der Waals surface area contributed by atoms with Crippen molar-refractivity contribution in [2.24, 2.45) is 4.99 Å². The lowest BCUT2D eigenvalue weighted by Crippen LogP contribution is -2.38. The van der Waals surface area contributed by atoms with Crippen molar-refractivity contribution in [3.63, 3.8) is 0 Å². The Morgan fingerprint density at radius 2 is 1.90 bits per heavy atom. The molecule has 0 spiro atoms. The molecule has 0 radical (unpaired) electrons. The summed E-state index contributed by atoms with van der Waals surface area (Å²) >= 11 is 0. The van der Waals surface area contributed by atoms with Crippen molar-refractivity contribution in [3.05, 3.63) is 89.5 Å². The fraction of sp³-hybridized carbons (Fsp3) is 0.273. The van der Waals surface area contributed by atoms with Crippen molar-refractivity contribution < 1.29 is 4.39 Å². The van der Waals surface area contributed by atoms with E-state index in [9.17, 15) is 4.39 Å². The molecule has 2 N–H and O–H groups in total. The van der Waals surface area contributed by atoms with Crippen LogP contribution in [0.5, 0.6) is 0 Å². The van der Waals surface area contributed by atoms with Crippen LogP contribution in [0.4, 0.5) is 4.39 Å². The van der Waals surface area contributed by atoms with Gasteiger partial charge in [0.15, 0.2) is 5.96 Å². The van der Waals surface area contributed by atoms with E-state index in [1.807, 2.05) is 42.1 Å². The van der Waals surface area contributed by atoms with E-state index in [1.165, 1.54) is 17.2 Å². The molecule has 0 unspecified atom stereocenters. The minimum absolute atomic E-state index is 0. The molecule has 0 saturated carbocycles. The number of rotatable bonds is 8. The molecule has 1 heterocycles. The topological polar surface area (TPSA) is 54.2 Å². The molecule has 3 aromatic rings. The van der Waals surface area contributed by atoms with Gasteiger partial charge in [0, 0.05) is 25.5 Å². The van der Waals surface area contributed by atoms with Crippen molar-refractivity contribution in [3.8, 4) is 0 Å². The molecule has 2 aromatic carbocycles. The molecule has 0 fully saturated rings. The maximum absolute atomic E-state index is 13.3. The monoisotopic (exact) mass is 507 g/mol. The molecule has 1 aromatic heterocycles. The zero-order chi connectivity index (χ0) is 19.6. The number of hydrogen-bond donors (Lipinski definition) is 2.